The number of fused-ring (bicyclic) bond motifs is 3. The highest BCUT2D eigenvalue weighted by Gasteiger charge is 2.29. The van der Waals surface area contributed by atoms with Gasteiger partial charge in [-0.1, -0.05) is 24.4 Å². The summed E-state index contributed by atoms with van der Waals surface area (Å²) in [4.78, 5) is 27.2. The van der Waals surface area contributed by atoms with Crippen LogP contribution in [-0.2, 0) is 16.0 Å². The first-order valence-corrected chi connectivity index (χ1v) is 13.4. The SMILES string of the molecule is CC(C)Oc1cc2onc(CCC3CCN(CC4CCCCC4)CC3)c2c2c1OC(=O)/C=C/C(=O)O2. The lowest BCUT2D eigenvalue weighted by molar-refractivity contribution is -0.133. The van der Waals surface area contributed by atoms with E-state index in [0.717, 1.165) is 37.6 Å². The molecule has 0 N–H and O–H groups in total. The van der Waals surface area contributed by atoms with E-state index in [2.05, 4.69) is 10.1 Å². The lowest BCUT2D eigenvalue weighted by Crippen LogP contribution is -2.37. The van der Waals surface area contributed by atoms with E-state index < -0.39 is 11.9 Å². The molecular weight excluding hydrogens is 460 g/mol. The van der Waals surface area contributed by atoms with E-state index in [0.29, 0.717) is 29.0 Å². The lowest BCUT2D eigenvalue weighted by Gasteiger charge is -2.35. The summed E-state index contributed by atoms with van der Waals surface area (Å²) in [5, 5.41) is 4.87. The van der Waals surface area contributed by atoms with Gasteiger partial charge < -0.3 is 23.6 Å². The van der Waals surface area contributed by atoms with Gasteiger partial charge in [0.2, 0.25) is 5.75 Å². The first-order chi connectivity index (χ1) is 17.5. The van der Waals surface area contributed by atoms with E-state index >= 15 is 0 Å². The van der Waals surface area contributed by atoms with Gasteiger partial charge in [-0.25, -0.2) is 9.59 Å². The minimum atomic E-state index is -0.668. The van der Waals surface area contributed by atoms with Crippen LogP contribution in [0.1, 0.15) is 70.9 Å². The average molecular weight is 497 g/mol. The zero-order valence-corrected chi connectivity index (χ0v) is 21.3. The van der Waals surface area contributed by atoms with Crippen molar-refractivity contribution in [2.75, 3.05) is 19.6 Å². The number of likely N-dealkylation sites (tertiary alicyclic amines) is 1. The Labute approximate surface area is 211 Å². The number of carbonyl (C=O) groups is 2. The Morgan fingerprint density at radius 1 is 0.972 bits per heavy atom. The molecule has 5 rings (SSSR count). The van der Waals surface area contributed by atoms with Crippen LogP contribution in [0.15, 0.2) is 22.7 Å². The first kappa shape index (κ1) is 24.8. The summed E-state index contributed by atoms with van der Waals surface area (Å²) in [5.41, 5.74) is 1.14. The highest BCUT2D eigenvalue weighted by molar-refractivity contribution is 6.00. The van der Waals surface area contributed by atoms with Crippen molar-refractivity contribution in [2.24, 2.45) is 11.8 Å². The molecule has 1 aliphatic carbocycles. The zero-order chi connectivity index (χ0) is 25.1. The van der Waals surface area contributed by atoms with Crippen molar-refractivity contribution >= 4 is 22.9 Å². The molecule has 1 aromatic carbocycles. The van der Waals surface area contributed by atoms with Gasteiger partial charge in [0, 0.05) is 24.8 Å². The fourth-order valence-corrected chi connectivity index (χ4v) is 5.73. The van der Waals surface area contributed by atoms with Crippen LogP contribution >= 0.6 is 0 Å². The minimum Gasteiger partial charge on any atom is -0.487 e. The van der Waals surface area contributed by atoms with Gasteiger partial charge in [-0.05, 0) is 77.3 Å². The Hall–Kier alpha value is -2.87. The third kappa shape index (κ3) is 5.75. The molecule has 3 aliphatic rings. The van der Waals surface area contributed by atoms with E-state index in [9.17, 15) is 9.59 Å². The maximum absolute atomic E-state index is 12.3. The number of aryl methyl sites for hydroxylation is 1. The van der Waals surface area contributed by atoms with Crippen molar-refractivity contribution in [1.29, 1.82) is 0 Å². The quantitative estimate of drug-likeness (QED) is 0.381. The number of hydrogen-bond donors (Lipinski definition) is 0. The molecular formula is C28H36N2O6. The summed E-state index contributed by atoms with van der Waals surface area (Å²) >= 11 is 0. The highest BCUT2D eigenvalue weighted by atomic mass is 16.6. The van der Waals surface area contributed by atoms with E-state index in [1.807, 2.05) is 13.8 Å². The van der Waals surface area contributed by atoms with E-state index in [1.54, 1.807) is 6.07 Å². The highest BCUT2D eigenvalue weighted by Crippen LogP contribution is 2.46. The standard InChI is InChI=1S/C28H36N2O6/c1-18(2)33-23-16-22-26(28-27(23)34-24(31)10-11-25(32)35-28)21(29-36-22)9-8-19-12-14-30(15-13-19)17-20-6-4-3-5-7-20/h10-11,16,18-20H,3-9,12-15,17H2,1-2H3/b11-10+. The van der Waals surface area contributed by atoms with Gasteiger partial charge in [0.25, 0.3) is 0 Å². The third-order valence-electron chi connectivity index (χ3n) is 7.57. The van der Waals surface area contributed by atoms with Crippen molar-refractivity contribution in [3.05, 3.63) is 23.9 Å². The topological polar surface area (TPSA) is 91.1 Å². The summed E-state index contributed by atoms with van der Waals surface area (Å²) in [6.07, 6.45) is 12.9. The Kier molecular flexibility index (Phi) is 7.60. The van der Waals surface area contributed by atoms with Gasteiger partial charge in [0.05, 0.1) is 17.2 Å². The van der Waals surface area contributed by atoms with Gasteiger partial charge in [-0.15, -0.1) is 0 Å². The molecule has 0 spiro atoms. The summed E-state index contributed by atoms with van der Waals surface area (Å²) in [5.74, 6) is 0.661. The van der Waals surface area contributed by atoms with Gasteiger partial charge >= 0.3 is 11.9 Å². The molecule has 194 valence electrons. The molecule has 1 saturated heterocycles. The summed E-state index contributed by atoms with van der Waals surface area (Å²) in [7, 11) is 0. The third-order valence-corrected chi connectivity index (χ3v) is 7.57. The first-order valence-electron chi connectivity index (χ1n) is 13.4. The molecule has 0 bridgehead atoms. The molecule has 0 amide bonds. The summed E-state index contributed by atoms with van der Waals surface area (Å²) in [6.45, 7) is 7.29. The van der Waals surface area contributed by atoms with Crippen molar-refractivity contribution in [3.8, 4) is 17.2 Å². The molecule has 2 aliphatic heterocycles. The van der Waals surface area contributed by atoms with Gasteiger partial charge in [0.15, 0.2) is 17.1 Å². The predicted molar refractivity (Wildman–Crippen MR) is 134 cm³/mol. The van der Waals surface area contributed by atoms with Gasteiger partial charge in [-0.2, -0.15) is 0 Å². The molecule has 2 aromatic rings. The Balaban J connectivity index is 1.30. The van der Waals surface area contributed by atoms with Crippen LogP contribution in [0.5, 0.6) is 17.2 Å². The zero-order valence-electron chi connectivity index (χ0n) is 21.3. The monoisotopic (exact) mass is 496 g/mol. The Bertz CT molecular complexity index is 1120. The molecule has 8 heteroatoms. The maximum atomic E-state index is 12.3. The van der Waals surface area contributed by atoms with Crippen LogP contribution in [0.4, 0.5) is 0 Å². The molecule has 0 radical (unpaired) electrons. The number of rotatable bonds is 7. The molecule has 36 heavy (non-hydrogen) atoms. The largest absolute Gasteiger partial charge is 0.487 e. The number of hydrogen-bond acceptors (Lipinski definition) is 8. The molecule has 1 saturated carbocycles. The predicted octanol–water partition coefficient (Wildman–Crippen LogP) is 5.22. The number of piperidine rings is 1. The average Bonchev–Trinajstić information content (AvgIpc) is 3.26. The number of aromatic nitrogens is 1. The molecule has 3 heterocycles. The maximum Gasteiger partial charge on any atom is 0.336 e. The summed E-state index contributed by atoms with van der Waals surface area (Å²) < 4.78 is 22.6. The van der Waals surface area contributed by atoms with Crippen molar-refractivity contribution in [1.82, 2.24) is 10.1 Å². The molecule has 1 aromatic heterocycles. The van der Waals surface area contributed by atoms with Crippen molar-refractivity contribution in [3.63, 3.8) is 0 Å². The van der Waals surface area contributed by atoms with Crippen molar-refractivity contribution < 1.29 is 28.3 Å². The normalized spacial score (nSPS) is 21.1. The fraction of sp³-hybridized carbons (Fsp3) is 0.607. The number of benzene rings is 1. The lowest BCUT2D eigenvalue weighted by atomic mass is 9.87. The second-order valence-corrected chi connectivity index (χ2v) is 10.7. The second-order valence-electron chi connectivity index (χ2n) is 10.7. The van der Waals surface area contributed by atoms with Gasteiger partial charge in [-0.3, -0.25) is 0 Å². The van der Waals surface area contributed by atoms with Gasteiger partial charge in [0.1, 0.15) is 0 Å². The van der Waals surface area contributed by atoms with Crippen LogP contribution in [0.2, 0.25) is 0 Å². The molecule has 8 nitrogen and oxygen atoms in total. The van der Waals surface area contributed by atoms with E-state index in [1.165, 1.54) is 51.5 Å². The van der Waals surface area contributed by atoms with Crippen LogP contribution in [-0.4, -0.2) is 47.7 Å². The fourth-order valence-electron chi connectivity index (χ4n) is 5.73. The smallest absolute Gasteiger partial charge is 0.336 e. The molecule has 2 fully saturated rings. The van der Waals surface area contributed by atoms with Crippen LogP contribution in [0.3, 0.4) is 0 Å². The van der Waals surface area contributed by atoms with E-state index in [4.69, 9.17) is 18.7 Å². The second kappa shape index (κ2) is 11.0. The Morgan fingerprint density at radius 3 is 2.36 bits per heavy atom. The van der Waals surface area contributed by atoms with Crippen LogP contribution in [0, 0.1) is 11.8 Å². The Morgan fingerprint density at radius 2 is 1.67 bits per heavy atom. The number of carbonyl (C=O) groups excluding carboxylic acids is 2. The summed E-state index contributed by atoms with van der Waals surface area (Å²) in [6, 6.07) is 1.65. The molecule has 0 unspecified atom stereocenters. The number of ether oxygens (including phenoxy) is 3. The number of esters is 2. The van der Waals surface area contributed by atoms with Crippen LogP contribution < -0.4 is 14.2 Å². The number of nitrogens with zero attached hydrogens (tertiary/aromatic N) is 2. The minimum absolute atomic E-state index is 0.0828. The molecule has 0 atom stereocenters. The van der Waals surface area contributed by atoms with Crippen LogP contribution in [0.25, 0.3) is 11.0 Å². The van der Waals surface area contributed by atoms with Crippen molar-refractivity contribution in [2.45, 2.75) is 77.7 Å². The van der Waals surface area contributed by atoms with E-state index in [-0.39, 0.29) is 23.4 Å².